The summed E-state index contributed by atoms with van der Waals surface area (Å²) in [6.07, 6.45) is 1.58. The Bertz CT molecular complexity index is 468. The second-order valence-corrected chi connectivity index (χ2v) is 4.49. The summed E-state index contributed by atoms with van der Waals surface area (Å²) in [6, 6.07) is 8.81. The van der Waals surface area contributed by atoms with Gasteiger partial charge in [-0.2, -0.15) is 5.26 Å². The molecule has 5 nitrogen and oxygen atoms in total. The average Bonchev–Trinajstić information content (AvgIpc) is 2.49. The minimum Gasteiger partial charge on any atom is -0.482 e. The van der Waals surface area contributed by atoms with Crippen molar-refractivity contribution in [2.75, 3.05) is 19.8 Å². The predicted octanol–water partition coefficient (Wildman–Crippen LogP) is 1.46. The zero-order valence-corrected chi connectivity index (χ0v) is 11.6. The topological polar surface area (TPSA) is 82.3 Å². The number of ether oxygens (including phenoxy) is 1. The Morgan fingerprint density at radius 1 is 1.50 bits per heavy atom. The van der Waals surface area contributed by atoms with Gasteiger partial charge in [-0.15, -0.1) is 0 Å². The summed E-state index contributed by atoms with van der Waals surface area (Å²) in [5.74, 6) is 0.456. The molecule has 0 spiro atoms. The standard InChI is InChI=1S/C15H20N2O3/c1-2-12(7-8-18)10-17-15(19)11-20-14-6-4-3-5-13(14)9-16/h3-6,12,18H,2,7-8,10-11H2,1H3,(H,17,19). The molecule has 0 heterocycles. The van der Waals surface area contributed by atoms with E-state index in [1.54, 1.807) is 24.3 Å². The van der Waals surface area contributed by atoms with E-state index in [1.807, 2.05) is 13.0 Å². The Morgan fingerprint density at radius 2 is 2.25 bits per heavy atom. The predicted molar refractivity (Wildman–Crippen MR) is 75.1 cm³/mol. The molecule has 0 saturated carbocycles. The number of aliphatic hydroxyl groups excluding tert-OH is 1. The van der Waals surface area contributed by atoms with E-state index < -0.39 is 0 Å². The number of aliphatic hydroxyl groups is 1. The molecule has 0 aliphatic heterocycles. The van der Waals surface area contributed by atoms with E-state index in [1.165, 1.54) is 0 Å². The zero-order valence-electron chi connectivity index (χ0n) is 11.6. The van der Waals surface area contributed by atoms with Crippen molar-refractivity contribution in [1.29, 1.82) is 5.26 Å². The van der Waals surface area contributed by atoms with Crippen LogP contribution in [0, 0.1) is 17.2 Å². The maximum Gasteiger partial charge on any atom is 0.257 e. The first-order valence-electron chi connectivity index (χ1n) is 6.70. The fraction of sp³-hybridized carbons (Fsp3) is 0.467. The second-order valence-electron chi connectivity index (χ2n) is 4.49. The molecule has 0 aliphatic carbocycles. The number of benzene rings is 1. The molecular formula is C15H20N2O3. The molecule has 5 heteroatoms. The van der Waals surface area contributed by atoms with Crippen LogP contribution >= 0.6 is 0 Å². The molecule has 1 atom stereocenters. The van der Waals surface area contributed by atoms with Gasteiger partial charge in [0, 0.05) is 13.2 Å². The number of nitriles is 1. The lowest BCUT2D eigenvalue weighted by atomic mass is 10.0. The molecule has 0 bridgehead atoms. The van der Waals surface area contributed by atoms with Crippen molar-refractivity contribution >= 4 is 5.91 Å². The summed E-state index contributed by atoms with van der Waals surface area (Å²) in [4.78, 5) is 11.7. The number of rotatable bonds is 8. The SMILES string of the molecule is CCC(CCO)CNC(=O)COc1ccccc1C#N. The number of hydrogen-bond donors (Lipinski definition) is 2. The lowest BCUT2D eigenvalue weighted by Crippen LogP contribution is -2.33. The van der Waals surface area contributed by atoms with Crippen molar-refractivity contribution in [1.82, 2.24) is 5.32 Å². The number of hydrogen-bond acceptors (Lipinski definition) is 4. The Morgan fingerprint density at radius 3 is 2.90 bits per heavy atom. The molecule has 0 aliphatic rings. The molecule has 1 unspecified atom stereocenters. The van der Waals surface area contributed by atoms with Crippen LogP contribution in [0.15, 0.2) is 24.3 Å². The molecule has 2 N–H and O–H groups in total. The molecule has 108 valence electrons. The van der Waals surface area contributed by atoms with Crippen molar-refractivity contribution in [2.45, 2.75) is 19.8 Å². The molecular weight excluding hydrogens is 256 g/mol. The molecule has 0 radical (unpaired) electrons. The van der Waals surface area contributed by atoms with E-state index in [4.69, 9.17) is 15.1 Å². The molecule has 0 aromatic heterocycles. The molecule has 1 aromatic rings. The highest BCUT2D eigenvalue weighted by Crippen LogP contribution is 2.16. The Balaban J connectivity index is 2.38. The average molecular weight is 276 g/mol. The van der Waals surface area contributed by atoms with Gasteiger partial charge in [-0.1, -0.05) is 25.5 Å². The number of carbonyl (C=O) groups is 1. The van der Waals surface area contributed by atoms with Gasteiger partial charge in [0.05, 0.1) is 5.56 Å². The van der Waals surface area contributed by atoms with Gasteiger partial charge >= 0.3 is 0 Å². The molecule has 1 rings (SSSR count). The van der Waals surface area contributed by atoms with E-state index in [0.717, 1.165) is 6.42 Å². The second kappa shape index (κ2) is 8.94. The van der Waals surface area contributed by atoms with Crippen LogP contribution in [0.3, 0.4) is 0 Å². The first-order valence-corrected chi connectivity index (χ1v) is 6.70. The number of nitrogens with one attached hydrogen (secondary N) is 1. The van der Waals surface area contributed by atoms with Crippen LogP contribution in [0.2, 0.25) is 0 Å². The van der Waals surface area contributed by atoms with Crippen LogP contribution in [-0.4, -0.2) is 30.8 Å². The van der Waals surface area contributed by atoms with Crippen LogP contribution < -0.4 is 10.1 Å². The van der Waals surface area contributed by atoms with Gasteiger partial charge in [0.2, 0.25) is 0 Å². The van der Waals surface area contributed by atoms with Gasteiger partial charge < -0.3 is 15.2 Å². The Kier molecular flexibility index (Phi) is 7.15. The first-order chi connectivity index (χ1) is 9.71. The van der Waals surface area contributed by atoms with Gasteiger partial charge in [0.15, 0.2) is 6.61 Å². The maximum absolute atomic E-state index is 11.7. The summed E-state index contributed by atoms with van der Waals surface area (Å²) in [7, 11) is 0. The molecule has 1 aromatic carbocycles. The van der Waals surface area contributed by atoms with E-state index in [2.05, 4.69) is 5.32 Å². The minimum atomic E-state index is -0.228. The molecule has 0 fully saturated rings. The van der Waals surface area contributed by atoms with Crippen molar-refractivity contribution in [3.8, 4) is 11.8 Å². The molecule has 1 amide bonds. The monoisotopic (exact) mass is 276 g/mol. The highest BCUT2D eigenvalue weighted by atomic mass is 16.5. The smallest absolute Gasteiger partial charge is 0.257 e. The minimum absolute atomic E-state index is 0.117. The van der Waals surface area contributed by atoms with Gasteiger partial charge in [-0.25, -0.2) is 0 Å². The quantitative estimate of drug-likeness (QED) is 0.753. The van der Waals surface area contributed by atoms with Crippen LogP contribution in [-0.2, 0) is 4.79 Å². The van der Waals surface area contributed by atoms with Crippen LogP contribution in [0.4, 0.5) is 0 Å². The molecule has 20 heavy (non-hydrogen) atoms. The summed E-state index contributed by atoms with van der Waals surface area (Å²) in [5, 5.41) is 20.5. The van der Waals surface area contributed by atoms with Gasteiger partial charge in [-0.3, -0.25) is 4.79 Å². The Hall–Kier alpha value is -2.06. The molecule has 0 saturated heterocycles. The summed E-state index contributed by atoms with van der Waals surface area (Å²) in [6.45, 7) is 2.56. The van der Waals surface area contributed by atoms with Crippen molar-refractivity contribution in [2.24, 2.45) is 5.92 Å². The third-order valence-corrected chi connectivity index (χ3v) is 3.07. The van der Waals surface area contributed by atoms with Gasteiger partial charge in [0.1, 0.15) is 11.8 Å². The van der Waals surface area contributed by atoms with Crippen LogP contribution in [0.25, 0.3) is 0 Å². The lowest BCUT2D eigenvalue weighted by molar-refractivity contribution is -0.123. The van der Waals surface area contributed by atoms with E-state index >= 15 is 0 Å². The number of para-hydroxylation sites is 1. The number of amides is 1. The summed E-state index contributed by atoms with van der Waals surface area (Å²) < 4.78 is 5.33. The van der Waals surface area contributed by atoms with E-state index in [9.17, 15) is 4.79 Å². The van der Waals surface area contributed by atoms with Crippen molar-refractivity contribution in [3.63, 3.8) is 0 Å². The summed E-state index contributed by atoms with van der Waals surface area (Å²) in [5.41, 5.74) is 0.409. The van der Waals surface area contributed by atoms with E-state index in [-0.39, 0.29) is 25.0 Å². The number of carbonyl (C=O) groups excluding carboxylic acids is 1. The third kappa shape index (κ3) is 5.29. The highest BCUT2D eigenvalue weighted by Gasteiger charge is 2.09. The zero-order chi connectivity index (χ0) is 14.8. The van der Waals surface area contributed by atoms with Gasteiger partial charge in [0.25, 0.3) is 5.91 Å². The summed E-state index contributed by atoms with van der Waals surface area (Å²) >= 11 is 0. The third-order valence-electron chi connectivity index (χ3n) is 3.07. The lowest BCUT2D eigenvalue weighted by Gasteiger charge is -2.14. The Labute approximate surface area is 119 Å². The number of nitrogens with zero attached hydrogens (tertiary/aromatic N) is 1. The van der Waals surface area contributed by atoms with Crippen molar-refractivity contribution in [3.05, 3.63) is 29.8 Å². The largest absolute Gasteiger partial charge is 0.482 e. The van der Waals surface area contributed by atoms with Gasteiger partial charge in [-0.05, 0) is 24.5 Å². The first kappa shape index (κ1) is 16.0. The fourth-order valence-electron chi connectivity index (χ4n) is 1.77. The fourth-order valence-corrected chi connectivity index (χ4v) is 1.77. The van der Waals surface area contributed by atoms with Crippen molar-refractivity contribution < 1.29 is 14.6 Å². The normalized spacial score (nSPS) is 11.4. The maximum atomic E-state index is 11.7. The van der Waals surface area contributed by atoms with E-state index in [0.29, 0.717) is 24.3 Å². The van der Waals surface area contributed by atoms with Crippen LogP contribution in [0.1, 0.15) is 25.3 Å². The van der Waals surface area contributed by atoms with Crippen LogP contribution in [0.5, 0.6) is 5.75 Å². The highest BCUT2D eigenvalue weighted by molar-refractivity contribution is 5.77.